The topological polar surface area (TPSA) is 37.3 Å². The second kappa shape index (κ2) is 9.43. The summed E-state index contributed by atoms with van der Waals surface area (Å²) in [6.45, 7) is 5.77. The number of likely N-dealkylation sites (N-methyl/N-ethyl adjacent to an activating group) is 1. The monoisotopic (exact) mass is 407 g/mol. The number of benzene rings is 2. The Morgan fingerprint density at radius 1 is 1.07 bits per heavy atom. The van der Waals surface area contributed by atoms with Crippen LogP contribution in [0.15, 0.2) is 54.7 Å². The second-order valence-electron chi connectivity index (χ2n) is 8.20. The Bertz CT molecular complexity index is 987. The minimum Gasteiger partial charge on any atom is -0.356 e. The lowest BCUT2D eigenvalue weighted by molar-refractivity contribution is -0.120. The summed E-state index contributed by atoms with van der Waals surface area (Å²) in [5, 5.41) is 4.11. The van der Waals surface area contributed by atoms with Crippen molar-refractivity contribution < 1.29 is 9.18 Å². The number of hydrogen-bond acceptors (Lipinski definition) is 2. The molecule has 30 heavy (non-hydrogen) atoms. The fourth-order valence-corrected chi connectivity index (χ4v) is 4.43. The van der Waals surface area contributed by atoms with Gasteiger partial charge in [0.1, 0.15) is 5.82 Å². The predicted octanol–water partition coefficient (Wildman–Crippen LogP) is 4.34. The minimum absolute atomic E-state index is 0.0735. The molecule has 0 radical (unpaired) electrons. The van der Waals surface area contributed by atoms with Gasteiger partial charge in [0, 0.05) is 43.9 Å². The van der Waals surface area contributed by atoms with E-state index in [0.29, 0.717) is 19.0 Å². The van der Waals surface area contributed by atoms with E-state index in [1.54, 1.807) is 12.1 Å². The first-order valence-electron chi connectivity index (χ1n) is 11.0. The largest absolute Gasteiger partial charge is 0.356 e. The number of amides is 1. The smallest absolute Gasteiger partial charge is 0.224 e. The third-order valence-electron chi connectivity index (χ3n) is 6.11. The van der Waals surface area contributed by atoms with E-state index in [1.807, 2.05) is 19.1 Å². The van der Waals surface area contributed by atoms with Crippen molar-refractivity contribution in [3.8, 4) is 0 Å². The van der Waals surface area contributed by atoms with Crippen LogP contribution in [-0.2, 0) is 17.6 Å². The highest BCUT2D eigenvalue weighted by Gasteiger charge is 2.21. The zero-order valence-corrected chi connectivity index (χ0v) is 17.6. The molecule has 1 aliphatic heterocycles. The molecule has 4 nitrogen and oxygen atoms in total. The number of piperidine rings is 1. The molecule has 1 amide bonds. The normalized spacial score (nSPS) is 15.5. The Balaban J connectivity index is 1.36. The van der Waals surface area contributed by atoms with Crippen LogP contribution in [0.2, 0.25) is 0 Å². The quantitative estimate of drug-likeness (QED) is 0.633. The molecule has 1 aliphatic rings. The number of nitrogens with zero attached hydrogens (tertiary/aromatic N) is 2. The molecule has 0 saturated carbocycles. The second-order valence-corrected chi connectivity index (χ2v) is 8.20. The van der Waals surface area contributed by atoms with Crippen molar-refractivity contribution >= 4 is 16.8 Å². The van der Waals surface area contributed by atoms with Gasteiger partial charge in [-0.3, -0.25) is 4.79 Å². The number of halogens is 1. The lowest BCUT2D eigenvalue weighted by Gasteiger charge is -2.33. The van der Waals surface area contributed by atoms with E-state index >= 15 is 0 Å². The van der Waals surface area contributed by atoms with Crippen LogP contribution in [0.3, 0.4) is 0 Å². The summed E-state index contributed by atoms with van der Waals surface area (Å²) >= 11 is 0. The molecule has 1 aromatic heterocycles. The number of fused-ring (bicyclic) bond motifs is 1. The van der Waals surface area contributed by atoms with Crippen molar-refractivity contribution in [1.82, 2.24) is 14.8 Å². The molecule has 1 N–H and O–H groups in total. The first-order chi connectivity index (χ1) is 14.6. The number of carbonyl (C=O) groups excluding carboxylic acids is 1. The van der Waals surface area contributed by atoms with Gasteiger partial charge in [-0.15, -0.1) is 0 Å². The summed E-state index contributed by atoms with van der Waals surface area (Å²) in [4.78, 5) is 14.5. The van der Waals surface area contributed by atoms with Crippen molar-refractivity contribution in [2.75, 3.05) is 26.2 Å². The number of carbonyl (C=O) groups is 1. The van der Waals surface area contributed by atoms with Gasteiger partial charge >= 0.3 is 0 Å². The molecule has 1 saturated heterocycles. The standard InChI is InChI=1S/C25H30FN3O/c1-2-27-25(30)18-20-3-6-21-10-16-29(24(21)17-20)23-11-14-28(15-12-23)13-9-19-4-7-22(26)8-5-19/h3-8,10,16-17,23H,2,9,11-15,18H2,1H3,(H,27,30). The van der Waals surface area contributed by atoms with Crippen molar-refractivity contribution in [3.63, 3.8) is 0 Å². The third-order valence-corrected chi connectivity index (χ3v) is 6.11. The van der Waals surface area contributed by atoms with E-state index in [2.05, 4.69) is 45.2 Å². The molecular weight excluding hydrogens is 377 g/mol. The lowest BCUT2D eigenvalue weighted by Crippen LogP contribution is -2.35. The van der Waals surface area contributed by atoms with Gasteiger partial charge in [0.2, 0.25) is 5.91 Å². The summed E-state index contributed by atoms with van der Waals surface area (Å²) < 4.78 is 15.5. The molecule has 2 aromatic carbocycles. The van der Waals surface area contributed by atoms with Crippen LogP contribution in [0, 0.1) is 5.82 Å². The average Bonchev–Trinajstić information content (AvgIpc) is 3.17. The van der Waals surface area contributed by atoms with Gasteiger partial charge in [0.15, 0.2) is 0 Å². The molecule has 0 aliphatic carbocycles. The van der Waals surface area contributed by atoms with Crippen LogP contribution in [0.5, 0.6) is 0 Å². The number of likely N-dealkylation sites (tertiary alicyclic amines) is 1. The summed E-state index contributed by atoms with van der Waals surface area (Å²) in [5.41, 5.74) is 3.47. The van der Waals surface area contributed by atoms with Crippen LogP contribution < -0.4 is 5.32 Å². The lowest BCUT2D eigenvalue weighted by atomic mass is 10.0. The number of hydrogen-bond donors (Lipinski definition) is 1. The molecule has 0 bridgehead atoms. The number of rotatable bonds is 7. The van der Waals surface area contributed by atoms with Crippen molar-refractivity contribution in [2.45, 2.75) is 38.6 Å². The SMILES string of the molecule is CCNC(=O)Cc1ccc2ccn(C3CCN(CCc4ccc(F)cc4)CC3)c2c1. The Hall–Kier alpha value is -2.66. The number of aromatic nitrogens is 1. The van der Waals surface area contributed by atoms with Gasteiger partial charge in [-0.05, 0) is 67.0 Å². The average molecular weight is 408 g/mol. The van der Waals surface area contributed by atoms with Gasteiger partial charge in [0.25, 0.3) is 0 Å². The molecule has 158 valence electrons. The molecule has 0 atom stereocenters. The molecule has 1 fully saturated rings. The maximum absolute atomic E-state index is 13.1. The van der Waals surface area contributed by atoms with E-state index in [1.165, 1.54) is 16.5 Å². The highest BCUT2D eigenvalue weighted by atomic mass is 19.1. The van der Waals surface area contributed by atoms with E-state index in [4.69, 9.17) is 0 Å². The Morgan fingerprint density at radius 2 is 1.80 bits per heavy atom. The van der Waals surface area contributed by atoms with Crippen LogP contribution in [0.25, 0.3) is 10.9 Å². The van der Waals surface area contributed by atoms with E-state index in [9.17, 15) is 9.18 Å². The minimum atomic E-state index is -0.173. The highest BCUT2D eigenvalue weighted by molar-refractivity contribution is 5.84. The van der Waals surface area contributed by atoms with Gasteiger partial charge in [-0.25, -0.2) is 4.39 Å². The molecular formula is C25H30FN3O. The molecule has 3 aromatic rings. The molecule has 4 rings (SSSR count). The van der Waals surface area contributed by atoms with E-state index in [-0.39, 0.29) is 11.7 Å². The number of nitrogens with one attached hydrogen (secondary N) is 1. The molecule has 0 spiro atoms. The highest BCUT2D eigenvalue weighted by Crippen LogP contribution is 2.28. The summed E-state index contributed by atoms with van der Waals surface area (Å²) in [6.07, 6.45) is 5.82. The maximum Gasteiger partial charge on any atom is 0.224 e. The molecule has 5 heteroatoms. The van der Waals surface area contributed by atoms with E-state index < -0.39 is 0 Å². The summed E-state index contributed by atoms with van der Waals surface area (Å²) in [5.74, 6) is -0.0999. The molecule has 2 heterocycles. The van der Waals surface area contributed by atoms with Crippen molar-refractivity contribution in [2.24, 2.45) is 0 Å². The van der Waals surface area contributed by atoms with Crippen LogP contribution in [0.1, 0.15) is 36.9 Å². The Kier molecular flexibility index (Phi) is 6.48. The van der Waals surface area contributed by atoms with Crippen LogP contribution in [-0.4, -0.2) is 41.6 Å². The van der Waals surface area contributed by atoms with Gasteiger partial charge in [-0.1, -0.05) is 24.3 Å². The Morgan fingerprint density at radius 3 is 2.53 bits per heavy atom. The first-order valence-corrected chi connectivity index (χ1v) is 11.0. The third kappa shape index (κ3) is 4.90. The van der Waals surface area contributed by atoms with Crippen LogP contribution >= 0.6 is 0 Å². The van der Waals surface area contributed by atoms with Gasteiger partial charge in [0.05, 0.1) is 6.42 Å². The zero-order valence-electron chi connectivity index (χ0n) is 17.6. The Labute approximate surface area is 177 Å². The van der Waals surface area contributed by atoms with Gasteiger partial charge < -0.3 is 14.8 Å². The fraction of sp³-hybridized carbons (Fsp3) is 0.400. The molecule has 0 unspecified atom stereocenters. The van der Waals surface area contributed by atoms with E-state index in [0.717, 1.165) is 44.5 Å². The zero-order chi connectivity index (χ0) is 20.9. The van der Waals surface area contributed by atoms with Crippen molar-refractivity contribution in [3.05, 3.63) is 71.7 Å². The predicted molar refractivity (Wildman–Crippen MR) is 119 cm³/mol. The first kappa shape index (κ1) is 20.6. The van der Waals surface area contributed by atoms with Gasteiger partial charge in [-0.2, -0.15) is 0 Å². The summed E-state index contributed by atoms with van der Waals surface area (Å²) in [7, 11) is 0. The van der Waals surface area contributed by atoms with Crippen molar-refractivity contribution in [1.29, 1.82) is 0 Å². The maximum atomic E-state index is 13.1. The summed E-state index contributed by atoms with van der Waals surface area (Å²) in [6, 6.07) is 15.9. The fourth-order valence-electron chi connectivity index (χ4n) is 4.43. The van der Waals surface area contributed by atoms with Crippen LogP contribution in [0.4, 0.5) is 4.39 Å².